The van der Waals surface area contributed by atoms with Crippen LogP contribution in [0.3, 0.4) is 0 Å². The zero-order valence-electron chi connectivity index (χ0n) is 13.9. The highest BCUT2D eigenvalue weighted by Gasteiger charge is 2.18. The van der Waals surface area contributed by atoms with Gasteiger partial charge < -0.3 is 15.2 Å². The fourth-order valence-corrected chi connectivity index (χ4v) is 3.08. The van der Waals surface area contributed by atoms with Crippen molar-refractivity contribution in [2.75, 3.05) is 18.8 Å². The van der Waals surface area contributed by atoms with Gasteiger partial charge in [0.25, 0.3) is 5.03 Å². The molecule has 1 N–H and O–H groups in total. The maximum Gasteiger partial charge on any atom is 0.251 e. The number of aryl methyl sites for hydroxylation is 1. The number of carbonyl (C=O) groups is 1. The van der Waals surface area contributed by atoms with Gasteiger partial charge >= 0.3 is 0 Å². The van der Waals surface area contributed by atoms with Gasteiger partial charge in [0.05, 0.1) is 18.4 Å². The Kier molecular flexibility index (Phi) is 6.63. The van der Waals surface area contributed by atoms with Crippen LogP contribution < -0.4 is 4.73 Å². The number of amides is 1. The van der Waals surface area contributed by atoms with Gasteiger partial charge in [0.1, 0.15) is 0 Å². The minimum absolute atomic E-state index is 0.0995. The van der Waals surface area contributed by atoms with Crippen molar-refractivity contribution in [3.8, 4) is 0 Å². The molecule has 1 heterocycles. The molecule has 0 bridgehead atoms. The van der Waals surface area contributed by atoms with Crippen LogP contribution in [0.4, 0.5) is 0 Å². The quantitative estimate of drug-likeness (QED) is 0.475. The molecule has 0 saturated heterocycles. The lowest BCUT2D eigenvalue weighted by atomic mass is 10.1. The normalized spacial score (nSPS) is 12.0. The molecule has 6 heteroatoms. The summed E-state index contributed by atoms with van der Waals surface area (Å²) in [5, 5.41) is 22.4. The number of nitrogens with zero attached hydrogens (tertiary/aromatic N) is 2. The fraction of sp³-hybridized carbons (Fsp3) is 0.333. The highest BCUT2D eigenvalue weighted by atomic mass is 32.2. The lowest BCUT2D eigenvalue weighted by Crippen LogP contribution is -2.36. The highest BCUT2D eigenvalue weighted by Crippen LogP contribution is 2.17. The molecule has 0 aliphatic carbocycles. The van der Waals surface area contributed by atoms with Crippen LogP contribution in [0, 0.1) is 12.1 Å². The number of pyridine rings is 1. The fourth-order valence-electron chi connectivity index (χ4n) is 2.26. The summed E-state index contributed by atoms with van der Waals surface area (Å²) in [7, 11) is 0. The van der Waals surface area contributed by atoms with E-state index in [4.69, 9.17) is 0 Å². The van der Waals surface area contributed by atoms with E-state index < -0.39 is 6.10 Å². The van der Waals surface area contributed by atoms with E-state index in [1.54, 1.807) is 23.1 Å². The first-order valence-corrected chi connectivity index (χ1v) is 8.83. The Bertz CT molecular complexity index is 676. The number of aromatic nitrogens is 1. The smallest absolute Gasteiger partial charge is 0.251 e. The van der Waals surface area contributed by atoms with E-state index in [9.17, 15) is 15.1 Å². The Morgan fingerprint density at radius 3 is 2.62 bits per heavy atom. The summed E-state index contributed by atoms with van der Waals surface area (Å²) in [6.07, 6.45) is 0.687. The van der Waals surface area contributed by atoms with Gasteiger partial charge in [-0.1, -0.05) is 29.8 Å². The molecule has 2 rings (SSSR count). The van der Waals surface area contributed by atoms with Crippen molar-refractivity contribution in [1.82, 2.24) is 4.90 Å². The molecule has 0 aliphatic heterocycles. The largest absolute Gasteiger partial charge is 0.618 e. The van der Waals surface area contributed by atoms with Crippen LogP contribution in [0.5, 0.6) is 0 Å². The number of benzene rings is 1. The van der Waals surface area contributed by atoms with E-state index in [0.717, 1.165) is 15.9 Å². The number of likely N-dealkylation sites (N-methyl/N-ethyl adjacent to an activating group) is 1. The molecule has 1 unspecified atom stereocenters. The Hall–Kier alpha value is -2.05. The molecule has 0 saturated carbocycles. The second-order valence-electron chi connectivity index (χ2n) is 5.51. The van der Waals surface area contributed by atoms with Crippen molar-refractivity contribution in [3.63, 3.8) is 0 Å². The van der Waals surface area contributed by atoms with Crippen LogP contribution in [0.15, 0.2) is 53.7 Å². The summed E-state index contributed by atoms with van der Waals surface area (Å²) in [4.78, 5) is 14.0. The Morgan fingerprint density at radius 1 is 1.29 bits per heavy atom. The van der Waals surface area contributed by atoms with Gasteiger partial charge in [-0.3, -0.25) is 4.79 Å². The summed E-state index contributed by atoms with van der Waals surface area (Å²) in [6.45, 7) is 4.61. The van der Waals surface area contributed by atoms with Gasteiger partial charge in [0, 0.05) is 18.7 Å². The van der Waals surface area contributed by atoms with Gasteiger partial charge in [0.15, 0.2) is 6.20 Å². The van der Waals surface area contributed by atoms with Crippen LogP contribution in [0.2, 0.25) is 0 Å². The molecule has 0 radical (unpaired) electrons. The number of hydrogen-bond acceptors (Lipinski definition) is 4. The van der Waals surface area contributed by atoms with E-state index in [1.807, 2.05) is 38.1 Å². The third-order valence-electron chi connectivity index (χ3n) is 3.72. The third-order valence-corrected chi connectivity index (χ3v) is 4.73. The highest BCUT2D eigenvalue weighted by molar-refractivity contribution is 7.99. The summed E-state index contributed by atoms with van der Waals surface area (Å²) >= 11 is 1.20. The average molecular weight is 346 g/mol. The molecule has 1 aromatic heterocycles. The van der Waals surface area contributed by atoms with Gasteiger partial charge in [-0.2, -0.15) is 4.73 Å². The third kappa shape index (κ3) is 4.97. The van der Waals surface area contributed by atoms with Crippen LogP contribution in [-0.4, -0.2) is 34.8 Å². The summed E-state index contributed by atoms with van der Waals surface area (Å²) < 4.78 is 0.745. The zero-order chi connectivity index (χ0) is 17.5. The monoisotopic (exact) mass is 346 g/mol. The second-order valence-corrected chi connectivity index (χ2v) is 6.51. The minimum atomic E-state index is -0.722. The topological polar surface area (TPSA) is 67.5 Å². The molecule has 5 nitrogen and oxygen atoms in total. The van der Waals surface area contributed by atoms with Crippen LogP contribution in [0.25, 0.3) is 0 Å². The number of rotatable bonds is 7. The van der Waals surface area contributed by atoms with Crippen molar-refractivity contribution in [1.29, 1.82) is 0 Å². The Balaban J connectivity index is 1.93. The molecule has 128 valence electrons. The molecule has 0 spiro atoms. The number of carbonyl (C=O) groups excluding carboxylic acids is 1. The van der Waals surface area contributed by atoms with Gasteiger partial charge in [-0.15, -0.1) is 0 Å². The van der Waals surface area contributed by atoms with E-state index in [0.29, 0.717) is 11.6 Å². The average Bonchev–Trinajstić information content (AvgIpc) is 2.59. The summed E-state index contributed by atoms with van der Waals surface area (Å²) in [6, 6.07) is 12.7. The predicted octanol–water partition coefficient (Wildman–Crippen LogP) is 2.30. The molecular formula is C18H22N2O3S. The number of aliphatic hydroxyl groups is 1. The Morgan fingerprint density at radius 2 is 2.00 bits per heavy atom. The SMILES string of the molecule is CCN(CC(O)c1ccc(C)cc1)C(=O)CSc1cccc[n+]1[O-]. The maximum atomic E-state index is 12.4. The van der Waals surface area contributed by atoms with E-state index in [-0.39, 0.29) is 18.2 Å². The van der Waals surface area contributed by atoms with Gasteiger partial charge in [-0.25, -0.2) is 0 Å². The number of aliphatic hydroxyl groups excluding tert-OH is 1. The molecule has 1 atom stereocenters. The minimum Gasteiger partial charge on any atom is -0.618 e. The van der Waals surface area contributed by atoms with Crippen LogP contribution in [-0.2, 0) is 4.79 Å². The van der Waals surface area contributed by atoms with Crippen molar-refractivity contribution < 1.29 is 14.6 Å². The molecule has 24 heavy (non-hydrogen) atoms. The predicted molar refractivity (Wildman–Crippen MR) is 94.5 cm³/mol. The van der Waals surface area contributed by atoms with Crippen molar-refractivity contribution in [2.45, 2.75) is 25.0 Å². The first-order valence-electron chi connectivity index (χ1n) is 7.84. The van der Waals surface area contributed by atoms with Crippen molar-refractivity contribution in [3.05, 3.63) is 65.0 Å². The first-order chi connectivity index (χ1) is 11.5. The first kappa shape index (κ1) is 18.3. The molecule has 0 fully saturated rings. The van der Waals surface area contributed by atoms with Gasteiger partial charge in [-0.05, 0) is 37.2 Å². The Labute approximate surface area is 146 Å². The van der Waals surface area contributed by atoms with E-state index in [1.165, 1.54) is 18.0 Å². The number of hydrogen-bond donors (Lipinski definition) is 1. The number of thioether (sulfide) groups is 1. The van der Waals surface area contributed by atoms with Crippen molar-refractivity contribution >= 4 is 17.7 Å². The molecule has 1 amide bonds. The molecular weight excluding hydrogens is 324 g/mol. The van der Waals surface area contributed by atoms with Crippen LogP contribution >= 0.6 is 11.8 Å². The standard InChI is InChI=1S/C18H22N2O3S/c1-3-19(12-16(21)15-9-7-14(2)8-10-15)17(22)13-24-18-6-4-5-11-20(18)23/h4-11,16,21H,3,12-13H2,1-2H3. The lowest BCUT2D eigenvalue weighted by molar-refractivity contribution is -0.645. The summed E-state index contributed by atoms with van der Waals surface area (Å²) in [5.74, 6) is 0.0678. The van der Waals surface area contributed by atoms with Gasteiger partial charge in [0.2, 0.25) is 5.91 Å². The van der Waals surface area contributed by atoms with E-state index >= 15 is 0 Å². The molecule has 0 aliphatic rings. The molecule has 2 aromatic rings. The van der Waals surface area contributed by atoms with Crippen molar-refractivity contribution in [2.24, 2.45) is 0 Å². The molecule has 1 aromatic carbocycles. The summed E-state index contributed by atoms with van der Waals surface area (Å²) in [5.41, 5.74) is 1.92. The zero-order valence-corrected chi connectivity index (χ0v) is 14.7. The lowest BCUT2D eigenvalue weighted by Gasteiger charge is -2.24. The maximum absolute atomic E-state index is 12.4. The van der Waals surface area contributed by atoms with E-state index in [2.05, 4.69) is 0 Å². The second kappa shape index (κ2) is 8.70. The van der Waals surface area contributed by atoms with Crippen LogP contribution in [0.1, 0.15) is 24.2 Å².